The Balaban J connectivity index is 2.65. The van der Waals surface area contributed by atoms with E-state index in [0.29, 0.717) is 24.1 Å². The van der Waals surface area contributed by atoms with E-state index in [4.69, 9.17) is 5.84 Å². The molecule has 0 saturated heterocycles. The van der Waals surface area contributed by atoms with Crippen LogP contribution in [-0.2, 0) is 11.2 Å². The van der Waals surface area contributed by atoms with Crippen LogP contribution < -0.4 is 21.9 Å². The van der Waals surface area contributed by atoms with E-state index in [-0.39, 0.29) is 12.5 Å². The van der Waals surface area contributed by atoms with Gasteiger partial charge in [-0.3, -0.25) is 4.79 Å². The molecule has 1 aromatic rings. The van der Waals surface area contributed by atoms with Gasteiger partial charge in [-0.1, -0.05) is 27.2 Å². The molecule has 0 aliphatic heterocycles. The lowest BCUT2D eigenvalue weighted by molar-refractivity contribution is -0.119. The fourth-order valence-corrected chi connectivity index (χ4v) is 1.72. The first kappa shape index (κ1) is 16.2. The SMILES string of the molecule is CCCc1c(NN)ncnc1NCC(=O)NCC(C)C. The van der Waals surface area contributed by atoms with Crippen LogP contribution in [0.3, 0.4) is 0 Å². The molecule has 0 atom stereocenters. The van der Waals surface area contributed by atoms with Gasteiger partial charge in [0.25, 0.3) is 0 Å². The highest BCUT2D eigenvalue weighted by molar-refractivity contribution is 5.80. The van der Waals surface area contributed by atoms with Crippen molar-refractivity contribution in [1.82, 2.24) is 15.3 Å². The Bertz CT molecular complexity index is 435. The van der Waals surface area contributed by atoms with Gasteiger partial charge in [0.2, 0.25) is 5.91 Å². The molecule has 1 aromatic heterocycles. The summed E-state index contributed by atoms with van der Waals surface area (Å²) < 4.78 is 0. The average molecular weight is 280 g/mol. The molecule has 0 aromatic carbocycles. The van der Waals surface area contributed by atoms with Crippen LogP contribution in [0.25, 0.3) is 0 Å². The predicted molar refractivity (Wildman–Crippen MR) is 80.2 cm³/mol. The lowest BCUT2D eigenvalue weighted by atomic mass is 10.1. The van der Waals surface area contributed by atoms with Crippen molar-refractivity contribution in [2.45, 2.75) is 33.6 Å². The molecule has 0 saturated carbocycles. The maximum absolute atomic E-state index is 11.7. The fourth-order valence-electron chi connectivity index (χ4n) is 1.72. The van der Waals surface area contributed by atoms with E-state index in [1.807, 2.05) is 0 Å². The van der Waals surface area contributed by atoms with E-state index in [1.165, 1.54) is 6.33 Å². The van der Waals surface area contributed by atoms with Crippen LogP contribution in [0.15, 0.2) is 6.33 Å². The lowest BCUT2D eigenvalue weighted by Crippen LogP contribution is -2.33. The molecule has 1 rings (SSSR count). The Hall–Kier alpha value is -1.89. The first-order valence-corrected chi connectivity index (χ1v) is 6.89. The molecular weight excluding hydrogens is 256 g/mol. The van der Waals surface area contributed by atoms with Crippen LogP contribution in [0, 0.1) is 5.92 Å². The molecule has 0 fully saturated rings. The van der Waals surface area contributed by atoms with Gasteiger partial charge in [-0.05, 0) is 12.3 Å². The highest BCUT2D eigenvalue weighted by Gasteiger charge is 2.11. The molecular formula is C13H24N6O. The van der Waals surface area contributed by atoms with Crippen molar-refractivity contribution in [3.63, 3.8) is 0 Å². The second-order valence-electron chi connectivity index (χ2n) is 5.00. The third-order valence-corrected chi connectivity index (χ3v) is 2.71. The zero-order valence-electron chi connectivity index (χ0n) is 12.4. The maximum Gasteiger partial charge on any atom is 0.239 e. The van der Waals surface area contributed by atoms with Crippen molar-refractivity contribution >= 4 is 17.5 Å². The van der Waals surface area contributed by atoms with Crippen LogP contribution in [0.5, 0.6) is 0 Å². The molecule has 7 heteroatoms. The van der Waals surface area contributed by atoms with Gasteiger partial charge in [0.15, 0.2) is 0 Å². The monoisotopic (exact) mass is 280 g/mol. The predicted octanol–water partition coefficient (Wildman–Crippen LogP) is 0.899. The largest absolute Gasteiger partial charge is 0.361 e. The van der Waals surface area contributed by atoms with E-state index in [0.717, 1.165) is 18.4 Å². The number of amides is 1. The summed E-state index contributed by atoms with van der Waals surface area (Å²) in [5.41, 5.74) is 3.45. The summed E-state index contributed by atoms with van der Waals surface area (Å²) in [5.74, 6) is 7.06. The van der Waals surface area contributed by atoms with Crippen molar-refractivity contribution in [3.8, 4) is 0 Å². The Morgan fingerprint density at radius 2 is 2.05 bits per heavy atom. The number of carbonyl (C=O) groups excluding carboxylic acids is 1. The maximum atomic E-state index is 11.7. The van der Waals surface area contributed by atoms with Gasteiger partial charge in [-0.25, -0.2) is 15.8 Å². The van der Waals surface area contributed by atoms with Crippen LogP contribution in [0.1, 0.15) is 32.8 Å². The quantitative estimate of drug-likeness (QED) is 0.416. The minimum absolute atomic E-state index is 0.0537. The molecule has 0 aliphatic carbocycles. The topological polar surface area (TPSA) is 105 Å². The van der Waals surface area contributed by atoms with Gasteiger partial charge < -0.3 is 16.1 Å². The molecule has 1 amide bonds. The zero-order valence-corrected chi connectivity index (χ0v) is 12.4. The molecule has 0 radical (unpaired) electrons. The van der Waals surface area contributed by atoms with E-state index in [1.54, 1.807) is 0 Å². The Kier molecular flexibility index (Phi) is 6.72. The minimum atomic E-state index is -0.0537. The number of nitrogens with two attached hydrogens (primary N) is 1. The van der Waals surface area contributed by atoms with E-state index in [9.17, 15) is 4.79 Å². The second-order valence-corrected chi connectivity index (χ2v) is 5.00. The smallest absolute Gasteiger partial charge is 0.239 e. The number of nitrogens with zero attached hydrogens (tertiary/aromatic N) is 2. The standard InChI is InChI=1S/C13H24N6O/c1-4-5-10-12(17-8-18-13(10)19-14)16-7-11(20)15-6-9(2)3/h8-9H,4-7,14H2,1-3H3,(H,15,20)(H2,16,17,18,19). The fraction of sp³-hybridized carbons (Fsp3) is 0.615. The number of nitrogen functional groups attached to an aromatic ring is 1. The van der Waals surface area contributed by atoms with Crippen LogP contribution >= 0.6 is 0 Å². The second kappa shape index (κ2) is 8.31. The first-order chi connectivity index (χ1) is 9.58. The molecule has 0 unspecified atom stereocenters. The Labute approximate surface area is 119 Å². The van der Waals surface area contributed by atoms with Gasteiger partial charge >= 0.3 is 0 Å². The number of hydrogen-bond acceptors (Lipinski definition) is 6. The van der Waals surface area contributed by atoms with Crippen LogP contribution in [0.4, 0.5) is 11.6 Å². The molecule has 0 aliphatic rings. The van der Waals surface area contributed by atoms with Crippen LogP contribution in [0.2, 0.25) is 0 Å². The van der Waals surface area contributed by atoms with E-state index >= 15 is 0 Å². The molecule has 1 heterocycles. The summed E-state index contributed by atoms with van der Waals surface area (Å²) in [7, 11) is 0. The van der Waals surface area contributed by atoms with Crippen LogP contribution in [-0.4, -0.2) is 29.0 Å². The van der Waals surface area contributed by atoms with Gasteiger partial charge in [0.05, 0.1) is 6.54 Å². The summed E-state index contributed by atoms with van der Waals surface area (Å²) in [6, 6.07) is 0. The number of carbonyl (C=O) groups is 1. The van der Waals surface area contributed by atoms with Crippen molar-refractivity contribution in [2.24, 2.45) is 11.8 Å². The highest BCUT2D eigenvalue weighted by Crippen LogP contribution is 2.20. The number of anilines is 2. The molecule has 112 valence electrons. The van der Waals surface area contributed by atoms with Crippen molar-refractivity contribution in [1.29, 1.82) is 0 Å². The minimum Gasteiger partial charge on any atom is -0.361 e. The number of nitrogens with one attached hydrogen (secondary N) is 3. The van der Waals surface area contributed by atoms with Gasteiger partial charge in [-0.2, -0.15) is 0 Å². The van der Waals surface area contributed by atoms with E-state index in [2.05, 4.69) is 46.8 Å². The molecule has 5 N–H and O–H groups in total. The Morgan fingerprint density at radius 3 is 2.65 bits per heavy atom. The molecule has 0 bridgehead atoms. The lowest BCUT2D eigenvalue weighted by Gasteiger charge is -2.13. The number of rotatable bonds is 8. The summed E-state index contributed by atoms with van der Waals surface area (Å²) in [6.07, 6.45) is 3.15. The molecule has 0 spiro atoms. The number of aromatic nitrogens is 2. The van der Waals surface area contributed by atoms with E-state index < -0.39 is 0 Å². The normalized spacial score (nSPS) is 10.4. The number of hydrazine groups is 1. The molecule has 20 heavy (non-hydrogen) atoms. The third kappa shape index (κ3) is 5.00. The van der Waals surface area contributed by atoms with Crippen molar-refractivity contribution in [3.05, 3.63) is 11.9 Å². The molecule has 7 nitrogen and oxygen atoms in total. The zero-order chi connectivity index (χ0) is 15.0. The number of hydrogen-bond donors (Lipinski definition) is 4. The third-order valence-electron chi connectivity index (χ3n) is 2.71. The van der Waals surface area contributed by atoms with Crippen molar-refractivity contribution < 1.29 is 4.79 Å². The van der Waals surface area contributed by atoms with Gasteiger partial charge in [0, 0.05) is 12.1 Å². The summed E-state index contributed by atoms with van der Waals surface area (Å²) in [4.78, 5) is 19.9. The van der Waals surface area contributed by atoms with Gasteiger partial charge in [0.1, 0.15) is 18.0 Å². The average Bonchev–Trinajstić information content (AvgIpc) is 2.44. The van der Waals surface area contributed by atoms with Gasteiger partial charge in [-0.15, -0.1) is 0 Å². The summed E-state index contributed by atoms with van der Waals surface area (Å²) in [5, 5.41) is 5.88. The summed E-state index contributed by atoms with van der Waals surface area (Å²) >= 11 is 0. The van der Waals surface area contributed by atoms with Crippen molar-refractivity contribution in [2.75, 3.05) is 23.8 Å². The Morgan fingerprint density at radius 1 is 1.35 bits per heavy atom. The first-order valence-electron chi connectivity index (χ1n) is 6.89. The summed E-state index contributed by atoms with van der Waals surface area (Å²) in [6.45, 7) is 7.02. The highest BCUT2D eigenvalue weighted by atomic mass is 16.1.